The molecule has 2 aromatic carbocycles. The molecular formula is C22H16BrN5OS. The van der Waals surface area contributed by atoms with Crippen molar-refractivity contribution in [1.29, 1.82) is 5.26 Å². The van der Waals surface area contributed by atoms with E-state index >= 15 is 0 Å². The van der Waals surface area contributed by atoms with E-state index in [0.717, 1.165) is 30.9 Å². The van der Waals surface area contributed by atoms with Gasteiger partial charge in [0.2, 0.25) is 0 Å². The number of fused-ring (bicyclic) bond motifs is 1. The number of thiophene rings is 1. The first-order chi connectivity index (χ1) is 14.7. The average Bonchev–Trinajstić information content (AvgIpc) is 3.14. The van der Waals surface area contributed by atoms with Crippen LogP contribution in [-0.4, -0.2) is 16.6 Å². The van der Waals surface area contributed by atoms with Crippen molar-refractivity contribution in [2.24, 2.45) is 10.2 Å². The zero-order valence-electron chi connectivity index (χ0n) is 16.0. The van der Waals surface area contributed by atoms with Gasteiger partial charge in [-0.05, 0) is 36.8 Å². The summed E-state index contributed by atoms with van der Waals surface area (Å²) in [5, 5.41) is 18.5. The maximum Gasteiger partial charge on any atom is 0.195 e. The molecule has 0 saturated heterocycles. The molecule has 0 atom stereocenters. The highest BCUT2D eigenvalue weighted by atomic mass is 79.9. The van der Waals surface area contributed by atoms with E-state index in [9.17, 15) is 5.26 Å². The van der Waals surface area contributed by atoms with Gasteiger partial charge in [-0.3, -0.25) is 0 Å². The van der Waals surface area contributed by atoms with Gasteiger partial charge in [0, 0.05) is 10.0 Å². The summed E-state index contributed by atoms with van der Waals surface area (Å²) in [4.78, 5) is 9.42. The fourth-order valence-corrected chi connectivity index (χ4v) is 4.63. The summed E-state index contributed by atoms with van der Waals surface area (Å²) >= 11 is 4.89. The lowest BCUT2D eigenvalue weighted by Crippen LogP contribution is -1.93. The van der Waals surface area contributed by atoms with Crippen LogP contribution in [0.1, 0.15) is 18.1 Å². The van der Waals surface area contributed by atoms with Crippen LogP contribution in [0.3, 0.4) is 0 Å². The first kappa shape index (κ1) is 20.1. The molecule has 0 saturated carbocycles. The van der Waals surface area contributed by atoms with Crippen LogP contribution in [0.4, 0.5) is 5.82 Å². The van der Waals surface area contributed by atoms with Gasteiger partial charge >= 0.3 is 0 Å². The van der Waals surface area contributed by atoms with Gasteiger partial charge in [-0.1, -0.05) is 40.2 Å². The molecule has 2 heterocycles. The Hall–Kier alpha value is -3.15. The number of azo groups is 1. The highest BCUT2D eigenvalue weighted by Crippen LogP contribution is 2.43. The van der Waals surface area contributed by atoms with E-state index in [2.05, 4.69) is 42.2 Å². The Morgan fingerprint density at radius 2 is 2.03 bits per heavy atom. The third kappa shape index (κ3) is 4.08. The average molecular weight is 478 g/mol. The molecule has 2 aromatic heterocycles. The van der Waals surface area contributed by atoms with Crippen molar-refractivity contribution < 1.29 is 4.74 Å². The number of halogens is 1. The Bertz CT molecular complexity index is 1280. The number of rotatable bonds is 6. The third-order valence-corrected chi connectivity index (χ3v) is 6.01. The molecule has 8 heteroatoms. The number of nitriles is 1. The van der Waals surface area contributed by atoms with E-state index in [1.54, 1.807) is 0 Å². The molecular weight excluding hydrogens is 462 g/mol. The number of hydrogen-bond acceptors (Lipinski definition) is 7. The fourth-order valence-electron chi connectivity index (χ4n) is 3.02. The lowest BCUT2D eigenvalue weighted by atomic mass is 10.1. The number of para-hydroxylation sites is 1. The fraction of sp³-hybridized carbons (Fsp3) is 0.136. The van der Waals surface area contributed by atoms with Crippen LogP contribution in [-0.2, 0) is 6.54 Å². The van der Waals surface area contributed by atoms with Crippen molar-refractivity contribution in [2.75, 3.05) is 6.61 Å². The number of benzene rings is 2. The normalized spacial score (nSPS) is 11.1. The van der Waals surface area contributed by atoms with E-state index in [1.165, 1.54) is 17.7 Å². The van der Waals surface area contributed by atoms with E-state index in [1.807, 2.05) is 55.5 Å². The predicted molar refractivity (Wildman–Crippen MR) is 121 cm³/mol. The number of aromatic nitrogens is 2. The van der Waals surface area contributed by atoms with Gasteiger partial charge in [0.05, 0.1) is 23.6 Å². The summed E-state index contributed by atoms with van der Waals surface area (Å²) in [6.45, 7) is 2.91. The topological polar surface area (TPSA) is 83.5 Å². The monoisotopic (exact) mass is 477 g/mol. The summed E-state index contributed by atoms with van der Waals surface area (Å²) in [5.74, 6) is 1.19. The van der Waals surface area contributed by atoms with Crippen molar-refractivity contribution >= 4 is 43.3 Å². The zero-order chi connectivity index (χ0) is 20.9. The largest absolute Gasteiger partial charge is 0.493 e. The minimum absolute atomic E-state index is 0.432. The molecule has 0 unspecified atom stereocenters. The van der Waals surface area contributed by atoms with Gasteiger partial charge in [0.1, 0.15) is 28.4 Å². The molecule has 148 valence electrons. The minimum atomic E-state index is 0.432. The molecule has 0 aliphatic rings. The van der Waals surface area contributed by atoms with Crippen LogP contribution in [0.5, 0.6) is 5.75 Å². The molecule has 0 aliphatic carbocycles. The maximum absolute atomic E-state index is 9.83. The summed E-state index contributed by atoms with van der Waals surface area (Å²) in [6, 6.07) is 17.9. The van der Waals surface area contributed by atoms with E-state index < -0.39 is 0 Å². The van der Waals surface area contributed by atoms with Crippen LogP contribution in [0, 0.1) is 11.3 Å². The maximum atomic E-state index is 9.83. The Labute approximate surface area is 186 Å². The van der Waals surface area contributed by atoms with E-state index in [-0.39, 0.29) is 0 Å². The summed E-state index contributed by atoms with van der Waals surface area (Å²) in [5.41, 5.74) is 2.97. The quantitative estimate of drug-likeness (QED) is 0.290. The SMILES string of the molecule is CCOc1ccccc1-c1sc2c(N=NCc3cccc(Br)c3)ncnc2c1C#N. The van der Waals surface area contributed by atoms with Crippen LogP contribution < -0.4 is 4.74 Å². The third-order valence-electron chi connectivity index (χ3n) is 4.30. The summed E-state index contributed by atoms with van der Waals surface area (Å²) in [7, 11) is 0. The highest BCUT2D eigenvalue weighted by Gasteiger charge is 2.20. The highest BCUT2D eigenvalue weighted by molar-refractivity contribution is 9.10. The lowest BCUT2D eigenvalue weighted by molar-refractivity contribution is 0.341. The van der Waals surface area contributed by atoms with Crippen molar-refractivity contribution in [3.63, 3.8) is 0 Å². The first-order valence-corrected chi connectivity index (χ1v) is 10.8. The molecule has 0 fully saturated rings. The smallest absolute Gasteiger partial charge is 0.195 e. The van der Waals surface area contributed by atoms with Crippen LogP contribution >= 0.6 is 27.3 Å². The molecule has 4 rings (SSSR count). The molecule has 4 aromatic rings. The lowest BCUT2D eigenvalue weighted by Gasteiger charge is -2.08. The molecule has 0 aliphatic heterocycles. The van der Waals surface area contributed by atoms with Gasteiger partial charge in [0.25, 0.3) is 0 Å². The minimum Gasteiger partial charge on any atom is -0.493 e. The summed E-state index contributed by atoms with van der Waals surface area (Å²) < 4.78 is 7.48. The number of hydrogen-bond donors (Lipinski definition) is 0. The Morgan fingerprint density at radius 3 is 2.83 bits per heavy atom. The van der Waals surface area contributed by atoms with Crippen LogP contribution in [0.15, 0.2) is 69.6 Å². The predicted octanol–water partition coefficient (Wildman–Crippen LogP) is 6.68. The Kier molecular flexibility index (Phi) is 6.12. The van der Waals surface area contributed by atoms with Gasteiger partial charge in [-0.2, -0.15) is 10.4 Å². The van der Waals surface area contributed by atoms with Gasteiger partial charge in [-0.25, -0.2) is 9.97 Å². The molecule has 0 N–H and O–H groups in total. The number of ether oxygens (including phenoxy) is 1. The van der Waals surface area contributed by atoms with Crippen LogP contribution in [0.25, 0.3) is 20.7 Å². The first-order valence-electron chi connectivity index (χ1n) is 9.23. The molecule has 0 radical (unpaired) electrons. The van der Waals surface area contributed by atoms with Crippen molar-refractivity contribution in [1.82, 2.24) is 9.97 Å². The standard InChI is InChI=1S/C22H16BrN5OS/c1-2-29-18-9-4-3-8-16(18)20-17(11-24)19-21(30-20)22(26-13-25-19)28-27-12-14-6-5-7-15(23)10-14/h3-10,13H,2,12H2,1H3. The van der Waals surface area contributed by atoms with E-state index in [4.69, 9.17) is 4.74 Å². The number of nitrogens with zero attached hydrogens (tertiary/aromatic N) is 5. The van der Waals surface area contributed by atoms with Gasteiger partial charge in [0.15, 0.2) is 5.82 Å². The van der Waals surface area contributed by atoms with Crippen molar-refractivity contribution in [2.45, 2.75) is 13.5 Å². The molecule has 0 spiro atoms. The van der Waals surface area contributed by atoms with Gasteiger partial charge in [-0.15, -0.1) is 16.5 Å². The molecule has 0 amide bonds. The molecule has 0 bridgehead atoms. The second-order valence-corrected chi connectivity index (χ2v) is 8.19. The molecule has 6 nitrogen and oxygen atoms in total. The summed E-state index contributed by atoms with van der Waals surface area (Å²) in [6.07, 6.45) is 1.42. The van der Waals surface area contributed by atoms with Crippen molar-refractivity contribution in [3.05, 3.63) is 70.5 Å². The van der Waals surface area contributed by atoms with E-state index in [0.29, 0.717) is 30.0 Å². The van der Waals surface area contributed by atoms with Crippen LogP contribution in [0.2, 0.25) is 0 Å². The Morgan fingerprint density at radius 1 is 1.17 bits per heavy atom. The second kappa shape index (κ2) is 9.11. The zero-order valence-corrected chi connectivity index (χ0v) is 18.4. The van der Waals surface area contributed by atoms with Gasteiger partial charge < -0.3 is 4.74 Å². The molecule has 30 heavy (non-hydrogen) atoms. The Balaban J connectivity index is 1.76. The van der Waals surface area contributed by atoms with Crippen molar-refractivity contribution in [3.8, 4) is 22.3 Å². The second-order valence-electron chi connectivity index (χ2n) is 6.25.